The zero-order valence-electron chi connectivity index (χ0n) is 15.1. The second-order valence-electron chi connectivity index (χ2n) is 6.83. The number of aliphatic hydroxyl groups excluding tert-OH is 1. The monoisotopic (exact) mass is 347 g/mol. The highest BCUT2D eigenvalue weighted by Gasteiger charge is 2.29. The topological polar surface area (TPSA) is 56.2 Å². The highest BCUT2D eigenvalue weighted by Crippen LogP contribution is 2.23. The first kappa shape index (κ1) is 18.0. The van der Waals surface area contributed by atoms with Gasteiger partial charge in [-0.25, -0.2) is 0 Å². The number of carbonyl (C=O) groups excluding carboxylic acids is 1. The minimum Gasteiger partial charge on any atom is -0.497 e. The second-order valence-corrected chi connectivity index (χ2v) is 6.83. The lowest BCUT2D eigenvalue weighted by Crippen LogP contribution is -2.55. The number of carbonyl (C=O) groups is 1. The predicted molar refractivity (Wildman–Crippen MR) is 98.1 cm³/mol. The Morgan fingerprint density at radius 1 is 1.16 bits per heavy atom. The molecule has 0 spiro atoms. The molecule has 2 heterocycles. The van der Waals surface area contributed by atoms with E-state index in [1.54, 1.807) is 7.11 Å². The number of nitrogens with zero attached hydrogens (tertiary/aromatic N) is 3. The summed E-state index contributed by atoms with van der Waals surface area (Å²) >= 11 is 0. The molecule has 0 aromatic heterocycles. The number of hydrogen-bond acceptors (Lipinski definition) is 5. The van der Waals surface area contributed by atoms with E-state index in [1.165, 1.54) is 5.69 Å². The Balaban J connectivity index is 1.52. The van der Waals surface area contributed by atoms with Gasteiger partial charge in [-0.05, 0) is 37.1 Å². The fourth-order valence-electron chi connectivity index (χ4n) is 3.87. The molecule has 3 rings (SSSR count). The van der Waals surface area contributed by atoms with Gasteiger partial charge in [-0.2, -0.15) is 0 Å². The van der Waals surface area contributed by atoms with Crippen molar-refractivity contribution < 1.29 is 14.6 Å². The molecule has 6 nitrogen and oxygen atoms in total. The quantitative estimate of drug-likeness (QED) is 0.867. The van der Waals surface area contributed by atoms with Crippen molar-refractivity contribution >= 4 is 11.6 Å². The summed E-state index contributed by atoms with van der Waals surface area (Å²) in [6.45, 7) is 5.65. The molecule has 0 saturated carbocycles. The molecule has 1 N–H and O–H groups in total. The number of piperazine rings is 1. The Bertz CT molecular complexity index is 556. The van der Waals surface area contributed by atoms with Gasteiger partial charge < -0.3 is 19.6 Å². The van der Waals surface area contributed by atoms with Gasteiger partial charge in [-0.3, -0.25) is 9.69 Å². The van der Waals surface area contributed by atoms with E-state index >= 15 is 0 Å². The molecule has 0 aliphatic carbocycles. The smallest absolute Gasteiger partial charge is 0.224 e. The summed E-state index contributed by atoms with van der Waals surface area (Å²) in [5, 5.41) is 8.98. The summed E-state index contributed by atoms with van der Waals surface area (Å²) in [7, 11) is 1.69. The largest absolute Gasteiger partial charge is 0.497 e. The van der Waals surface area contributed by atoms with Crippen molar-refractivity contribution in [2.75, 3.05) is 57.9 Å². The van der Waals surface area contributed by atoms with E-state index < -0.39 is 0 Å². The van der Waals surface area contributed by atoms with Crippen LogP contribution in [0.1, 0.15) is 19.3 Å². The van der Waals surface area contributed by atoms with Crippen LogP contribution in [-0.2, 0) is 4.79 Å². The molecule has 0 radical (unpaired) electrons. The van der Waals surface area contributed by atoms with E-state index in [0.29, 0.717) is 6.04 Å². The SMILES string of the molecule is COc1ccc(N2CCN([C@@H]3CCCN(C(=O)CCO)C3)CC2)cc1. The van der Waals surface area contributed by atoms with E-state index in [2.05, 4.69) is 21.9 Å². The van der Waals surface area contributed by atoms with Gasteiger partial charge in [0.2, 0.25) is 5.91 Å². The molecule has 2 aliphatic heterocycles. The third-order valence-corrected chi connectivity index (χ3v) is 5.34. The number of methoxy groups -OCH3 is 1. The number of hydrogen-bond donors (Lipinski definition) is 1. The third kappa shape index (κ3) is 4.44. The van der Waals surface area contributed by atoms with E-state index in [9.17, 15) is 4.79 Å². The lowest BCUT2D eigenvalue weighted by Gasteiger charge is -2.44. The minimum absolute atomic E-state index is 0.0550. The van der Waals surface area contributed by atoms with Crippen molar-refractivity contribution in [3.63, 3.8) is 0 Å². The average molecular weight is 347 g/mol. The molecule has 0 bridgehead atoms. The number of likely N-dealkylation sites (tertiary alicyclic amines) is 1. The van der Waals surface area contributed by atoms with Gasteiger partial charge in [0.15, 0.2) is 0 Å². The Morgan fingerprint density at radius 2 is 1.88 bits per heavy atom. The normalized spacial score (nSPS) is 22.1. The Morgan fingerprint density at radius 3 is 2.52 bits per heavy atom. The first-order chi connectivity index (χ1) is 12.2. The molecule has 2 fully saturated rings. The number of rotatable bonds is 5. The molecular weight excluding hydrogens is 318 g/mol. The van der Waals surface area contributed by atoms with Gasteiger partial charge in [-0.15, -0.1) is 0 Å². The molecular formula is C19H29N3O3. The van der Waals surface area contributed by atoms with Crippen LogP contribution in [0.5, 0.6) is 5.75 Å². The van der Waals surface area contributed by atoms with E-state index in [0.717, 1.165) is 57.9 Å². The van der Waals surface area contributed by atoms with Crippen LogP contribution in [0.3, 0.4) is 0 Å². The van der Waals surface area contributed by atoms with Crippen LogP contribution in [0.15, 0.2) is 24.3 Å². The van der Waals surface area contributed by atoms with Crippen LogP contribution < -0.4 is 9.64 Å². The maximum absolute atomic E-state index is 12.0. The molecule has 2 saturated heterocycles. The number of amides is 1. The number of ether oxygens (including phenoxy) is 1. The van der Waals surface area contributed by atoms with Crippen LogP contribution in [0.2, 0.25) is 0 Å². The van der Waals surface area contributed by atoms with Gasteiger partial charge in [0.05, 0.1) is 13.7 Å². The lowest BCUT2D eigenvalue weighted by atomic mass is 10.0. The summed E-state index contributed by atoms with van der Waals surface area (Å²) in [5.41, 5.74) is 1.24. The van der Waals surface area contributed by atoms with Gasteiger partial charge in [0, 0.05) is 57.4 Å². The van der Waals surface area contributed by atoms with E-state index in [4.69, 9.17) is 9.84 Å². The van der Waals surface area contributed by atoms with Crippen molar-refractivity contribution in [2.45, 2.75) is 25.3 Å². The summed E-state index contributed by atoms with van der Waals surface area (Å²) in [6.07, 6.45) is 2.46. The zero-order valence-corrected chi connectivity index (χ0v) is 15.1. The maximum Gasteiger partial charge on any atom is 0.224 e. The highest BCUT2D eigenvalue weighted by molar-refractivity contribution is 5.76. The van der Waals surface area contributed by atoms with Crippen LogP contribution in [0.25, 0.3) is 0 Å². The van der Waals surface area contributed by atoms with E-state index in [-0.39, 0.29) is 18.9 Å². The Labute approximate surface area is 150 Å². The molecule has 1 atom stereocenters. The van der Waals surface area contributed by atoms with Crippen LogP contribution >= 0.6 is 0 Å². The lowest BCUT2D eigenvalue weighted by molar-refractivity contribution is -0.134. The second kappa shape index (κ2) is 8.54. The van der Waals surface area contributed by atoms with Gasteiger partial charge in [0.25, 0.3) is 0 Å². The zero-order chi connectivity index (χ0) is 17.6. The summed E-state index contributed by atoms with van der Waals surface area (Å²) in [5.74, 6) is 0.973. The standard InChI is InChI=1S/C19H29N3O3/c1-25-18-6-4-16(5-7-18)20-10-12-21(13-11-20)17-3-2-9-22(15-17)19(24)8-14-23/h4-7,17,23H,2-3,8-15H2,1H3/t17-/m1/s1. The average Bonchev–Trinajstić information content (AvgIpc) is 2.68. The number of benzene rings is 1. The Hall–Kier alpha value is -1.79. The minimum atomic E-state index is -0.0550. The fourth-order valence-corrected chi connectivity index (χ4v) is 3.87. The van der Waals surface area contributed by atoms with Gasteiger partial charge >= 0.3 is 0 Å². The Kier molecular flexibility index (Phi) is 6.15. The number of piperidine rings is 1. The van der Waals surface area contributed by atoms with Crippen molar-refractivity contribution in [1.82, 2.24) is 9.80 Å². The maximum atomic E-state index is 12.0. The van der Waals surface area contributed by atoms with Crippen LogP contribution in [-0.4, -0.2) is 79.8 Å². The predicted octanol–water partition coefficient (Wildman–Crippen LogP) is 1.19. The van der Waals surface area contributed by atoms with Crippen molar-refractivity contribution in [3.8, 4) is 5.75 Å². The fraction of sp³-hybridized carbons (Fsp3) is 0.632. The third-order valence-electron chi connectivity index (χ3n) is 5.34. The highest BCUT2D eigenvalue weighted by atomic mass is 16.5. The molecule has 1 aromatic carbocycles. The number of aliphatic hydroxyl groups is 1. The van der Waals surface area contributed by atoms with Crippen LogP contribution in [0, 0.1) is 0 Å². The molecule has 1 amide bonds. The molecule has 1 aromatic rings. The first-order valence-electron chi connectivity index (χ1n) is 9.23. The molecule has 6 heteroatoms. The van der Waals surface area contributed by atoms with Gasteiger partial charge in [-0.1, -0.05) is 0 Å². The number of anilines is 1. The van der Waals surface area contributed by atoms with Crippen molar-refractivity contribution in [2.24, 2.45) is 0 Å². The first-order valence-corrected chi connectivity index (χ1v) is 9.23. The molecule has 138 valence electrons. The molecule has 2 aliphatic rings. The van der Waals surface area contributed by atoms with E-state index in [1.807, 2.05) is 17.0 Å². The van der Waals surface area contributed by atoms with Crippen LogP contribution in [0.4, 0.5) is 5.69 Å². The van der Waals surface area contributed by atoms with Crippen molar-refractivity contribution in [1.29, 1.82) is 0 Å². The van der Waals surface area contributed by atoms with Gasteiger partial charge in [0.1, 0.15) is 5.75 Å². The summed E-state index contributed by atoms with van der Waals surface area (Å²) in [6, 6.07) is 8.70. The summed E-state index contributed by atoms with van der Waals surface area (Å²) in [4.78, 5) is 18.9. The molecule has 0 unspecified atom stereocenters. The van der Waals surface area contributed by atoms with Crippen molar-refractivity contribution in [3.05, 3.63) is 24.3 Å². The summed E-state index contributed by atoms with van der Waals surface area (Å²) < 4.78 is 5.23. The molecule has 25 heavy (non-hydrogen) atoms.